The number of pyridine rings is 1. The van der Waals surface area contributed by atoms with Gasteiger partial charge in [-0.1, -0.05) is 48.5 Å². The second-order valence-corrected chi connectivity index (χ2v) is 5.77. The van der Waals surface area contributed by atoms with E-state index in [4.69, 9.17) is 0 Å². The molecule has 124 valence electrons. The summed E-state index contributed by atoms with van der Waals surface area (Å²) >= 11 is 0. The van der Waals surface area contributed by atoms with Crippen LogP contribution in [0.2, 0.25) is 0 Å². The van der Waals surface area contributed by atoms with Crippen LogP contribution in [0.4, 0.5) is 0 Å². The Kier molecular flexibility index (Phi) is 5.00. The van der Waals surface area contributed by atoms with Gasteiger partial charge in [0.1, 0.15) is 0 Å². The van der Waals surface area contributed by atoms with Gasteiger partial charge in [0.25, 0.3) is 5.91 Å². The van der Waals surface area contributed by atoms with Crippen molar-refractivity contribution in [2.75, 3.05) is 0 Å². The van der Waals surface area contributed by atoms with Gasteiger partial charge in [0, 0.05) is 30.1 Å². The molecule has 0 aliphatic rings. The predicted octanol–water partition coefficient (Wildman–Crippen LogP) is 3.88. The van der Waals surface area contributed by atoms with Crippen LogP contribution in [0.1, 0.15) is 33.2 Å². The smallest absolute Gasteiger partial charge is 0.253 e. The van der Waals surface area contributed by atoms with Gasteiger partial charge in [-0.3, -0.25) is 14.6 Å². The number of carbonyl (C=O) groups excluding carboxylic acids is 2. The van der Waals surface area contributed by atoms with E-state index in [2.05, 4.69) is 10.3 Å². The van der Waals surface area contributed by atoms with E-state index in [-0.39, 0.29) is 11.7 Å². The highest BCUT2D eigenvalue weighted by molar-refractivity contribution is 5.96. The zero-order chi connectivity index (χ0) is 17.6. The molecule has 0 saturated heterocycles. The number of Topliss-reactive ketones (excluding diaryl/α,β-unsaturated/α-hetero) is 1. The summed E-state index contributed by atoms with van der Waals surface area (Å²) in [7, 11) is 0. The lowest BCUT2D eigenvalue weighted by Crippen LogP contribution is -2.22. The van der Waals surface area contributed by atoms with Crippen LogP contribution in [0, 0.1) is 0 Å². The van der Waals surface area contributed by atoms with Crippen LogP contribution in [-0.4, -0.2) is 16.7 Å². The average Bonchev–Trinajstić information content (AvgIpc) is 2.67. The lowest BCUT2D eigenvalue weighted by atomic mass is 10.0. The molecular weight excluding hydrogens is 312 g/mol. The molecule has 0 atom stereocenters. The van der Waals surface area contributed by atoms with E-state index >= 15 is 0 Å². The molecule has 0 bridgehead atoms. The summed E-state index contributed by atoms with van der Waals surface area (Å²) < 4.78 is 0. The van der Waals surface area contributed by atoms with Gasteiger partial charge in [-0.25, -0.2) is 0 Å². The summed E-state index contributed by atoms with van der Waals surface area (Å²) in [6, 6.07) is 18.8. The first kappa shape index (κ1) is 16.6. The molecule has 1 amide bonds. The second kappa shape index (κ2) is 7.53. The summed E-state index contributed by atoms with van der Waals surface area (Å²) in [5.41, 5.74) is 3.82. The minimum absolute atomic E-state index is 0.00608. The molecule has 3 aromatic rings. The number of carbonyl (C=O) groups is 2. The maximum atomic E-state index is 12.4. The van der Waals surface area contributed by atoms with Gasteiger partial charge in [0.2, 0.25) is 0 Å². The molecule has 0 fully saturated rings. The lowest BCUT2D eigenvalue weighted by Gasteiger charge is -2.08. The Labute approximate surface area is 146 Å². The first-order chi connectivity index (χ1) is 12.1. The van der Waals surface area contributed by atoms with E-state index in [1.807, 2.05) is 48.5 Å². The molecule has 0 saturated carbocycles. The molecule has 0 spiro atoms. The van der Waals surface area contributed by atoms with Gasteiger partial charge >= 0.3 is 0 Å². The first-order valence-corrected chi connectivity index (χ1v) is 8.02. The fourth-order valence-corrected chi connectivity index (χ4v) is 2.52. The maximum absolute atomic E-state index is 12.4. The fourth-order valence-electron chi connectivity index (χ4n) is 2.52. The van der Waals surface area contributed by atoms with Gasteiger partial charge in [0.15, 0.2) is 5.78 Å². The average molecular weight is 330 g/mol. The maximum Gasteiger partial charge on any atom is 0.253 e. The monoisotopic (exact) mass is 330 g/mol. The molecule has 1 N–H and O–H groups in total. The topological polar surface area (TPSA) is 59.1 Å². The molecule has 25 heavy (non-hydrogen) atoms. The van der Waals surface area contributed by atoms with E-state index in [1.54, 1.807) is 24.5 Å². The highest BCUT2D eigenvalue weighted by Crippen LogP contribution is 2.21. The molecule has 0 aliphatic carbocycles. The number of hydrogen-bond donors (Lipinski definition) is 1. The molecule has 1 aromatic heterocycles. The van der Waals surface area contributed by atoms with Crippen molar-refractivity contribution < 1.29 is 9.59 Å². The highest BCUT2D eigenvalue weighted by Gasteiger charge is 2.09. The highest BCUT2D eigenvalue weighted by atomic mass is 16.1. The summed E-state index contributed by atoms with van der Waals surface area (Å²) in [6.45, 7) is 1.99. The number of amides is 1. The molecule has 4 nitrogen and oxygen atoms in total. The molecular formula is C21H18N2O2. The van der Waals surface area contributed by atoms with Crippen molar-refractivity contribution in [2.24, 2.45) is 0 Å². The normalized spacial score (nSPS) is 10.3. The van der Waals surface area contributed by atoms with Crippen LogP contribution >= 0.6 is 0 Å². The van der Waals surface area contributed by atoms with Crippen molar-refractivity contribution in [1.29, 1.82) is 0 Å². The summed E-state index contributed by atoms with van der Waals surface area (Å²) in [5.74, 6) is -0.174. The van der Waals surface area contributed by atoms with Crippen molar-refractivity contribution >= 4 is 11.7 Å². The van der Waals surface area contributed by atoms with Gasteiger partial charge in [0.05, 0.1) is 5.56 Å². The fraction of sp³-hybridized carbons (Fsp3) is 0.0952. The zero-order valence-electron chi connectivity index (χ0n) is 13.9. The summed E-state index contributed by atoms with van der Waals surface area (Å²) in [5, 5.41) is 2.89. The molecule has 1 heterocycles. The molecule has 3 rings (SSSR count). The van der Waals surface area contributed by atoms with Gasteiger partial charge in [-0.05, 0) is 30.2 Å². The third-order valence-corrected chi connectivity index (χ3v) is 3.90. The van der Waals surface area contributed by atoms with Gasteiger partial charge in [-0.15, -0.1) is 0 Å². The minimum atomic E-state index is -0.180. The molecule has 2 aromatic carbocycles. The number of aromatic nitrogens is 1. The van der Waals surface area contributed by atoms with E-state index in [0.29, 0.717) is 17.7 Å². The van der Waals surface area contributed by atoms with Crippen molar-refractivity contribution in [1.82, 2.24) is 10.3 Å². The predicted molar refractivity (Wildman–Crippen MR) is 97.3 cm³/mol. The van der Waals surface area contributed by atoms with E-state index in [9.17, 15) is 9.59 Å². The molecule has 0 radical (unpaired) electrons. The van der Waals surface area contributed by atoms with Crippen LogP contribution in [-0.2, 0) is 6.54 Å². The second-order valence-electron chi connectivity index (χ2n) is 5.77. The number of nitrogens with one attached hydrogen (secondary N) is 1. The van der Waals surface area contributed by atoms with Crippen LogP contribution in [0.5, 0.6) is 0 Å². The number of benzene rings is 2. The Morgan fingerprint density at radius 1 is 0.880 bits per heavy atom. The SMILES string of the molecule is CC(=O)c1cccc(-c2cncc(C(=O)NCc3ccccc3)c2)c1. The third-order valence-electron chi connectivity index (χ3n) is 3.90. The van der Waals surface area contributed by atoms with Crippen molar-refractivity contribution in [3.63, 3.8) is 0 Å². The van der Waals surface area contributed by atoms with Crippen LogP contribution in [0.25, 0.3) is 11.1 Å². The number of ketones is 1. The Bertz CT molecular complexity index is 905. The zero-order valence-corrected chi connectivity index (χ0v) is 13.9. The molecule has 0 unspecified atom stereocenters. The Hall–Kier alpha value is -3.27. The minimum Gasteiger partial charge on any atom is -0.348 e. The van der Waals surface area contributed by atoms with E-state index in [0.717, 1.165) is 16.7 Å². The van der Waals surface area contributed by atoms with Crippen LogP contribution in [0.15, 0.2) is 73.1 Å². The van der Waals surface area contributed by atoms with Crippen molar-refractivity contribution in [3.05, 3.63) is 89.7 Å². The molecule has 4 heteroatoms. The summed E-state index contributed by atoms with van der Waals surface area (Å²) in [4.78, 5) is 28.1. The standard InChI is InChI=1S/C21H18N2O2/c1-15(24)17-8-5-9-18(10-17)19-11-20(14-22-13-19)21(25)23-12-16-6-3-2-4-7-16/h2-11,13-14H,12H2,1H3,(H,23,25). The Morgan fingerprint density at radius 3 is 2.40 bits per heavy atom. The molecule has 0 aliphatic heterocycles. The number of rotatable bonds is 5. The van der Waals surface area contributed by atoms with Crippen LogP contribution in [0.3, 0.4) is 0 Å². The van der Waals surface area contributed by atoms with E-state index in [1.165, 1.54) is 6.92 Å². The summed E-state index contributed by atoms with van der Waals surface area (Å²) in [6.07, 6.45) is 3.23. The Morgan fingerprint density at radius 2 is 1.64 bits per heavy atom. The van der Waals surface area contributed by atoms with Gasteiger partial charge in [-0.2, -0.15) is 0 Å². The quantitative estimate of drug-likeness (QED) is 0.722. The largest absolute Gasteiger partial charge is 0.348 e. The lowest BCUT2D eigenvalue weighted by molar-refractivity contribution is 0.0949. The third kappa shape index (κ3) is 4.18. The van der Waals surface area contributed by atoms with E-state index < -0.39 is 0 Å². The number of nitrogens with zero attached hydrogens (tertiary/aromatic N) is 1. The van der Waals surface area contributed by atoms with Gasteiger partial charge < -0.3 is 5.32 Å². The van der Waals surface area contributed by atoms with Crippen molar-refractivity contribution in [3.8, 4) is 11.1 Å². The number of hydrogen-bond acceptors (Lipinski definition) is 3. The first-order valence-electron chi connectivity index (χ1n) is 8.02. The van der Waals surface area contributed by atoms with Crippen molar-refractivity contribution in [2.45, 2.75) is 13.5 Å². The Balaban J connectivity index is 1.78. The van der Waals surface area contributed by atoms with Crippen LogP contribution < -0.4 is 5.32 Å².